The molecule has 0 fully saturated rings. The van der Waals surface area contributed by atoms with Crippen LogP contribution in [0.2, 0.25) is 0 Å². The van der Waals surface area contributed by atoms with Crippen LogP contribution >= 0.6 is 11.3 Å². The average molecular weight is 349 g/mol. The number of amides is 2. The topological polar surface area (TPSA) is 126 Å². The zero-order chi connectivity index (χ0) is 17.4. The lowest BCUT2D eigenvalue weighted by Gasteiger charge is -2.13. The molecule has 3 aromatic heterocycles. The number of aromatic carboxylic acids is 1. The Bertz CT molecular complexity index is 1000. The molecule has 10 heteroatoms. The molecule has 0 unspecified atom stereocenters. The lowest BCUT2D eigenvalue weighted by Crippen LogP contribution is -2.30. The fourth-order valence-electron chi connectivity index (χ4n) is 1.93. The number of aromatic nitrogens is 1. The molecule has 0 spiro atoms. The van der Waals surface area contributed by atoms with Crippen LogP contribution in [0.5, 0.6) is 0 Å². The fourth-order valence-corrected chi connectivity index (χ4v) is 2.92. The average Bonchev–Trinajstić information content (AvgIpc) is 3.11. The number of hydrogen-bond acceptors (Lipinski definition) is 7. The zero-order valence-corrected chi connectivity index (χ0v) is 13.3. The van der Waals surface area contributed by atoms with E-state index < -0.39 is 23.2 Å². The molecule has 9 nitrogen and oxygen atoms in total. The highest BCUT2D eigenvalue weighted by molar-refractivity contribution is 7.22. The smallest absolute Gasteiger partial charge is 0.351 e. The fraction of sp³-hybridized carbons (Fsp3) is 0.143. The number of thiophene rings is 1. The molecule has 0 aliphatic rings. The molecule has 0 aliphatic heterocycles. The Balaban J connectivity index is 1.89. The summed E-state index contributed by atoms with van der Waals surface area (Å²) >= 11 is 1.11. The van der Waals surface area contributed by atoms with E-state index in [0.29, 0.717) is 15.4 Å². The number of nitrogens with zero attached hydrogens (tertiary/aromatic N) is 2. The van der Waals surface area contributed by atoms with Gasteiger partial charge in [-0.3, -0.25) is 10.2 Å². The van der Waals surface area contributed by atoms with E-state index in [1.54, 1.807) is 13.0 Å². The van der Waals surface area contributed by atoms with Gasteiger partial charge in [0.15, 0.2) is 5.58 Å². The van der Waals surface area contributed by atoms with Gasteiger partial charge in [0.2, 0.25) is 5.88 Å². The van der Waals surface area contributed by atoms with Gasteiger partial charge in [-0.25, -0.2) is 14.4 Å². The van der Waals surface area contributed by atoms with Gasteiger partial charge in [0, 0.05) is 19.2 Å². The van der Waals surface area contributed by atoms with E-state index in [2.05, 4.69) is 10.5 Å². The van der Waals surface area contributed by atoms with E-state index in [4.69, 9.17) is 14.0 Å². The maximum Gasteiger partial charge on any atom is 0.351 e. The van der Waals surface area contributed by atoms with Crippen molar-refractivity contribution in [2.24, 2.45) is 0 Å². The third kappa shape index (κ3) is 2.86. The van der Waals surface area contributed by atoms with E-state index >= 15 is 0 Å². The molecule has 3 heterocycles. The van der Waals surface area contributed by atoms with Gasteiger partial charge in [-0.1, -0.05) is 5.16 Å². The van der Waals surface area contributed by atoms with Crippen LogP contribution in [0.15, 0.2) is 31.9 Å². The van der Waals surface area contributed by atoms with E-state index in [1.165, 1.54) is 24.1 Å². The number of carboxylic acids is 1. The summed E-state index contributed by atoms with van der Waals surface area (Å²) in [6.45, 7) is 1.72. The van der Waals surface area contributed by atoms with Crippen molar-refractivity contribution in [1.82, 2.24) is 5.16 Å². The molecular formula is C14H11N3O6S. The molecule has 0 bridgehead atoms. The summed E-state index contributed by atoms with van der Waals surface area (Å²) in [5, 5.41) is 15.6. The number of nitrogens with one attached hydrogen (secondary N) is 1. The minimum Gasteiger partial charge on any atom is -0.477 e. The SMILES string of the molecule is Cc1cc(NC(=O)N(C)c2cc3oc(=O)c(C(=O)O)cc3s2)on1. The molecule has 3 rings (SSSR count). The Morgan fingerprint density at radius 1 is 1.33 bits per heavy atom. The van der Waals surface area contributed by atoms with E-state index in [-0.39, 0.29) is 11.5 Å². The van der Waals surface area contributed by atoms with Gasteiger partial charge in [-0.2, -0.15) is 0 Å². The van der Waals surface area contributed by atoms with Crippen LogP contribution in [-0.4, -0.2) is 29.3 Å². The van der Waals surface area contributed by atoms with Gasteiger partial charge in [0.1, 0.15) is 10.6 Å². The molecule has 0 atom stereocenters. The molecule has 0 aliphatic carbocycles. The number of carboxylic acid groups (broad SMARTS) is 1. The summed E-state index contributed by atoms with van der Waals surface area (Å²) in [5.74, 6) is -1.17. The maximum absolute atomic E-state index is 12.2. The van der Waals surface area contributed by atoms with Gasteiger partial charge in [0.05, 0.1) is 10.4 Å². The predicted octanol–water partition coefficient (Wildman–Crippen LogP) is 2.52. The second-order valence-corrected chi connectivity index (χ2v) is 5.95. The van der Waals surface area contributed by atoms with Crippen molar-refractivity contribution >= 4 is 44.5 Å². The lowest BCUT2D eigenvalue weighted by molar-refractivity contribution is 0.0692. The van der Waals surface area contributed by atoms with Crippen molar-refractivity contribution in [3.05, 3.63) is 39.9 Å². The molecule has 2 amide bonds. The van der Waals surface area contributed by atoms with Crippen molar-refractivity contribution < 1.29 is 23.6 Å². The van der Waals surface area contributed by atoms with Gasteiger partial charge in [0.25, 0.3) is 0 Å². The molecule has 0 saturated carbocycles. The number of aryl methyl sites for hydroxylation is 1. The van der Waals surface area contributed by atoms with Crippen molar-refractivity contribution in [1.29, 1.82) is 0 Å². The van der Waals surface area contributed by atoms with Crippen molar-refractivity contribution in [3.63, 3.8) is 0 Å². The minimum absolute atomic E-state index is 0.199. The first-order chi connectivity index (χ1) is 11.3. The predicted molar refractivity (Wildman–Crippen MR) is 86.0 cm³/mol. The highest BCUT2D eigenvalue weighted by Gasteiger charge is 2.19. The number of carbonyl (C=O) groups is 2. The second kappa shape index (κ2) is 5.81. The minimum atomic E-state index is -1.37. The van der Waals surface area contributed by atoms with Gasteiger partial charge in [-0.15, -0.1) is 11.3 Å². The van der Waals surface area contributed by atoms with Crippen LogP contribution < -0.4 is 15.8 Å². The van der Waals surface area contributed by atoms with Gasteiger partial charge in [-0.05, 0) is 13.0 Å². The summed E-state index contributed by atoms with van der Waals surface area (Å²) in [6.07, 6.45) is 0. The van der Waals surface area contributed by atoms with Crippen LogP contribution in [0.4, 0.5) is 15.7 Å². The second-order valence-electron chi connectivity index (χ2n) is 4.89. The Morgan fingerprint density at radius 2 is 2.08 bits per heavy atom. The van der Waals surface area contributed by atoms with Crippen LogP contribution in [-0.2, 0) is 0 Å². The van der Waals surface area contributed by atoms with E-state index in [1.807, 2.05) is 0 Å². The maximum atomic E-state index is 12.2. The van der Waals surface area contributed by atoms with Crippen LogP contribution in [0.25, 0.3) is 10.3 Å². The summed E-state index contributed by atoms with van der Waals surface area (Å²) in [4.78, 5) is 36.0. The number of urea groups is 1. The van der Waals surface area contributed by atoms with E-state index in [9.17, 15) is 14.4 Å². The third-order valence-electron chi connectivity index (χ3n) is 3.13. The molecule has 124 valence electrons. The first-order valence-corrected chi connectivity index (χ1v) is 7.46. The molecule has 0 radical (unpaired) electrons. The largest absolute Gasteiger partial charge is 0.477 e. The first kappa shape index (κ1) is 15.7. The summed E-state index contributed by atoms with van der Waals surface area (Å²) in [6, 6.07) is 3.79. The summed E-state index contributed by atoms with van der Waals surface area (Å²) < 4.78 is 10.3. The number of carbonyl (C=O) groups excluding carboxylic acids is 1. The molecule has 2 N–H and O–H groups in total. The lowest BCUT2D eigenvalue weighted by atomic mass is 10.3. The molecule has 0 saturated heterocycles. The van der Waals surface area contributed by atoms with Crippen molar-refractivity contribution in [2.75, 3.05) is 17.3 Å². The first-order valence-electron chi connectivity index (χ1n) is 6.64. The molecular weight excluding hydrogens is 338 g/mol. The Morgan fingerprint density at radius 3 is 2.71 bits per heavy atom. The van der Waals surface area contributed by atoms with Gasteiger partial charge >= 0.3 is 17.6 Å². The zero-order valence-electron chi connectivity index (χ0n) is 12.5. The van der Waals surface area contributed by atoms with Crippen molar-refractivity contribution in [3.8, 4) is 0 Å². The standard InChI is InChI=1S/C14H11N3O6S/c1-6-3-10(23-16-6)15-14(21)17(2)11-5-8-9(24-11)4-7(12(18)19)13(20)22-8/h3-5H,1-2H3,(H,15,21)(H,18,19). The molecule has 0 aromatic carbocycles. The van der Waals surface area contributed by atoms with Crippen molar-refractivity contribution in [2.45, 2.75) is 6.92 Å². The summed E-state index contributed by atoms with van der Waals surface area (Å²) in [7, 11) is 1.51. The highest BCUT2D eigenvalue weighted by atomic mass is 32.1. The number of hydrogen-bond donors (Lipinski definition) is 2. The molecule has 24 heavy (non-hydrogen) atoms. The van der Waals surface area contributed by atoms with Crippen LogP contribution in [0.3, 0.4) is 0 Å². The van der Waals surface area contributed by atoms with Crippen LogP contribution in [0.1, 0.15) is 16.1 Å². The number of anilines is 2. The van der Waals surface area contributed by atoms with Crippen LogP contribution in [0, 0.1) is 6.92 Å². The quantitative estimate of drug-likeness (QED) is 0.744. The Hall–Kier alpha value is -3.14. The van der Waals surface area contributed by atoms with Gasteiger partial charge < -0.3 is 14.0 Å². The Labute approximate surface area is 138 Å². The number of rotatable bonds is 3. The summed E-state index contributed by atoms with van der Waals surface area (Å²) in [5.41, 5.74) is -0.568. The monoisotopic (exact) mass is 349 g/mol. The highest BCUT2D eigenvalue weighted by Crippen LogP contribution is 2.32. The van der Waals surface area contributed by atoms with E-state index in [0.717, 1.165) is 11.3 Å². The normalized spacial score (nSPS) is 10.8. The number of fused-ring (bicyclic) bond motifs is 1. The third-order valence-corrected chi connectivity index (χ3v) is 4.27. The Kier molecular flexibility index (Phi) is 3.81. The molecule has 3 aromatic rings.